The Balaban J connectivity index is 2.07. The number of halogens is 1. The van der Waals surface area contributed by atoms with Crippen LogP contribution in [0.2, 0.25) is 5.02 Å². The highest BCUT2D eigenvalue weighted by molar-refractivity contribution is 7.98. The molecule has 0 spiro atoms. The molecule has 0 radical (unpaired) electrons. The minimum Gasteiger partial charge on any atom is -0.467 e. The van der Waals surface area contributed by atoms with E-state index in [-0.39, 0.29) is 5.91 Å². The van der Waals surface area contributed by atoms with Gasteiger partial charge in [-0.3, -0.25) is 4.79 Å². The molecule has 0 aliphatic rings. The van der Waals surface area contributed by atoms with Gasteiger partial charge in [-0.15, -0.1) is 11.3 Å². The average molecular weight is 384 g/mol. The summed E-state index contributed by atoms with van der Waals surface area (Å²) in [4.78, 5) is 24.6. The van der Waals surface area contributed by atoms with Crippen molar-refractivity contribution in [1.82, 2.24) is 5.32 Å². The van der Waals surface area contributed by atoms with Crippen LogP contribution in [0.25, 0.3) is 16.2 Å². The number of thiophene rings is 1. The molecule has 1 N–H and O–H groups in total. The number of fused-ring (bicyclic) bond motifs is 1. The molecule has 0 unspecified atom stereocenters. The first-order valence-corrected chi connectivity index (χ1v) is 9.88. The summed E-state index contributed by atoms with van der Waals surface area (Å²) in [6, 6.07) is 7.16. The fourth-order valence-corrected chi connectivity index (χ4v) is 4.01. The van der Waals surface area contributed by atoms with Crippen LogP contribution in [-0.4, -0.2) is 37.0 Å². The van der Waals surface area contributed by atoms with Gasteiger partial charge in [-0.25, -0.2) is 4.79 Å². The number of hydrogen-bond donors (Lipinski definition) is 1. The van der Waals surface area contributed by atoms with Crippen LogP contribution in [0, 0.1) is 0 Å². The number of hydrogen-bond acceptors (Lipinski definition) is 5. The Morgan fingerprint density at radius 2 is 2.17 bits per heavy atom. The van der Waals surface area contributed by atoms with Crippen LogP contribution >= 0.6 is 34.7 Å². The molecule has 1 heterocycles. The van der Waals surface area contributed by atoms with Gasteiger partial charge in [0.05, 0.1) is 12.1 Å². The topological polar surface area (TPSA) is 55.4 Å². The van der Waals surface area contributed by atoms with E-state index in [0.29, 0.717) is 11.4 Å². The van der Waals surface area contributed by atoms with Crippen LogP contribution in [0.5, 0.6) is 0 Å². The number of carbonyl (C=O) groups is 2. The van der Waals surface area contributed by atoms with E-state index in [1.165, 1.54) is 24.5 Å². The van der Waals surface area contributed by atoms with Crippen LogP contribution in [0.3, 0.4) is 0 Å². The van der Waals surface area contributed by atoms with Gasteiger partial charge in [0.15, 0.2) is 0 Å². The monoisotopic (exact) mass is 383 g/mol. The Morgan fingerprint density at radius 1 is 1.42 bits per heavy atom. The van der Waals surface area contributed by atoms with E-state index in [1.807, 2.05) is 30.5 Å². The molecule has 0 saturated heterocycles. The van der Waals surface area contributed by atoms with Gasteiger partial charge in [-0.1, -0.05) is 29.8 Å². The van der Waals surface area contributed by atoms with Crippen molar-refractivity contribution < 1.29 is 14.3 Å². The zero-order valence-corrected chi connectivity index (χ0v) is 15.8. The molecule has 128 valence electrons. The van der Waals surface area contributed by atoms with Crippen molar-refractivity contribution in [1.29, 1.82) is 0 Å². The molecule has 4 nitrogen and oxygen atoms in total. The first kappa shape index (κ1) is 18.8. The Labute approximate surface area is 154 Å². The highest BCUT2D eigenvalue weighted by Crippen LogP contribution is 2.35. The Bertz CT molecular complexity index is 757. The standard InChI is InChI=1S/C17H18ClNO3S2/c1-22-17(21)12(9-10-23-2)19-15(20)8-7-14-16(18)11-5-3-4-6-13(11)24-14/h3-8,12H,9-10H2,1-2H3,(H,19,20)/b8-7+/t12-/m1/s1. The lowest BCUT2D eigenvalue weighted by Gasteiger charge is -2.14. The van der Waals surface area contributed by atoms with Gasteiger partial charge < -0.3 is 10.1 Å². The SMILES string of the molecule is COC(=O)[C@@H](CCSC)NC(=O)/C=C/c1sc2ccccc2c1Cl. The lowest BCUT2D eigenvalue weighted by atomic mass is 10.2. The number of methoxy groups -OCH3 is 1. The van der Waals surface area contributed by atoms with Gasteiger partial charge in [0, 0.05) is 21.0 Å². The first-order chi connectivity index (χ1) is 11.6. The van der Waals surface area contributed by atoms with E-state index in [9.17, 15) is 9.59 Å². The molecule has 7 heteroatoms. The van der Waals surface area contributed by atoms with E-state index in [1.54, 1.807) is 17.8 Å². The maximum atomic E-state index is 12.1. The van der Waals surface area contributed by atoms with Crippen LogP contribution in [0.4, 0.5) is 0 Å². The first-order valence-electron chi connectivity index (χ1n) is 7.29. The van der Waals surface area contributed by atoms with Crippen molar-refractivity contribution in [2.24, 2.45) is 0 Å². The van der Waals surface area contributed by atoms with Crippen molar-refractivity contribution in [2.75, 3.05) is 19.1 Å². The van der Waals surface area contributed by atoms with Gasteiger partial charge in [0.25, 0.3) is 0 Å². The third kappa shape index (κ3) is 4.75. The van der Waals surface area contributed by atoms with Crippen LogP contribution in [0.15, 0.2) is 30.3 Å². The summed E-state index contributed by atoms with van der Waals surface area (Å²) in [6.45, 7) is 0. The van der Waals surface area contributed by atoms with Gasteiger partial charge >= 0.3 is 5.97 Å². The third-order valence-corrected chi connectivity index (χ3v) is 5.66. The molecule has 24 heavy (non-hydrogen) atoms. The summed E-state index contributed by atoms with van der Waals surface area (Å²) in [7, 11) is 1.31. The fourth-order valence-electron chi connectivity index (χ4n) is 2.14. The highest BCUT2D eigenvalue weighted by Gasteiger charge is 2.20. The molecule has 1 aromatic heterocycles. The molecule has 1 atom stereocenters. The summed E-state index contributed by atoms with van der Waals surface area (Å²) in [6.07, 6.45) is 5.54. The molecule has 0 saturated carbocycles. The van der Waals surface area contributed by atoms with Crippen molar-refractivity contribution in [3.05, 3.63) is 40.2 Å². The molecule has 2 aromatic rings. The maximum Gasteiger partial charge on any atom is 0.328 e. The molecule has 0 fully saturated rings. The van der Waals surface area contributed by atoms with Gasteiger partial charge in [0.2, 0.25) is 5.91 Å². The second kappa shape index (κ2) is 9.11. The number of rotatable bonds is 7. The van der Waals surface area contributed by atoms with Crippen LogP contribution in [-0.2, 0) is 14.3 Å². The lowest BCUT2D eigenvalue weighted by molar-refractivity contribution is -0.144. The van der Waals surface area contributed by atoms with E-state index in [4.69, 9.17) is 16.3 Å². The van der Waals surface area contributed by atoms with Crippen LogP contribution < -0.4 is 5.32 Å². The summed E-state index contributed by atoms with van der Waals surface area (Å²) in [5.41, 5.74) is 0. The molecule has 1 aromatic carbocycles. The highest BCUT2D eigenvalue weighted by atomic mass is 35.5. The van der Waals surface area contributed by atoms with Gasteiger partial charge in [-0.05, 0) is 30.6 Å². The number of carbonyl (C=O) groups excluding carboxylic acids is 2. The van der Waals surface area contributed by atoms with E-state index < -0.39 is 12.0 Å². The Morgan fingerprint density at radius 3 is 2.83 bits per heavy atom. The molecule has 0 bridgehead atoms. The minimum absolute atomic E-state index is 0.347. The van der Waals surface area contributed by atoms with E-state index >= 15 is 0 Å². The van der Waals surface area contributed by atoms with Crippen LogP contribution in [0.1, 0.15) is 11.3 Å². The molecule has 0 aliphatic carbocycles. The normalized spacial score (nSPS) is 12.5. The smallest absolute Gasteiger partial charge is 0.328 e. The Hall–Kier alpha value is -1.50. The van der Waals surface area contributed by atoms with E-state index in [0.717, 1.165) is 20.7 Å². The number of ether oxygens (including phenoxy) is 1. The summed E-state index contributed by atoms with van der Waals surface area (Å²) in [5.74, 6) is -0.0305. The zero-order valence-electron chi connectivity index (χ0n) is 13.4. The molecular weight excluding hydrogens is 366 g/mol. The fraction of sp³-hybridized carbons (Fsp3) is 0.294. The largest absolute Gasteiger partial charge is 0.467 e. The second-order valence-electron chi connectivity index (χ2n) is 4.98. The molecule has 1 amide bonds. The minimum atomic E-state index is -0.641. The van der Waals surface area contributed by atoms with Gasteiger partial charge in [0.1, 0.15) is 6.04 Å². The molecule has 0 aliphatic heterocycles. The second-order valence-corrected chi connectivity index (χ2v) is 7.42. The number of thioether (sulfide) groups is 1. The summed E-state index contributed by atoms with van der Waals surface area (Å²) in [5, 5.41) is 4.27. The van der Waals surface area contributed by atoms with Gasteiger partial charge in [-0.2, -0.15) is 11.8 Å². The van der Waals surface area contributed by atoms with Crippen molar-refractivity contribution in [3.8, 4) is 0 Å². The predicted octanol–water partition coefficient (Wildman–Crippen LogP) is 3.98. The lowest BCUT2D eigenvalue weighted by Crippen LogP contribution is -2.41. The van der Waals surface area contributed by atoms with Crippen molar-refractivity contribution >= 4 is 62.7 Å². The molecule has 2 rings (SSSR count). The quantitative estimate of drug-likeness (QED) is 0.580. The number of amides is 1. The van der Waals surface area contributed by atoms with Crippen molar-refractivity contribution in [3.63, 3.8) is 0 Å². The Kier molecular flexibility index (Phi) is 7.15. The predicted molar refractivity (Wildman–Crippen MR) is 103 cm³/mol. The van der Waals surface area contributed by atoms with E-state index in [2.05, 4.69) is 5.32 Å². The number of esters is 1. The number of nitrogens with one attached hydrogen (secondary N) is 1. The zero-order chi connectivity index (χ0) is 17.5. The average Bonchev–Trinajstić information content (AvgIpc) is 2.92. The maximum absolute atomic E-state index is 12.1. The molecular formula is C17H18ClNO3S2. The number of benzene rings is 1. The van der Waals surface area contributed by atoms with Crippen molar-refractivity contribution in [2.45, 2.75) is 12.5 Å². The summed E-state index contributed by atoms with van der Waals surface area (Å²) >= 11 is 9.46. The summed E-state index contributed by atoms with van der Waals surface area (Å²) < 4.78 is 5.79. The third-order valence-electron chi connectivity index (χ3n) is 3.36.